The van der Waals surface area contributed by atoms with Gasteiger partial charge in [0.1, 0.15) is 5.82 Å². The molecule has 1 saturated carbocycles. The predicted molar refractivity (Wildman–Crippen MR) is 155 cm³/mol. The molecule has 7 nitrogen and oxygen atoms in total. The Kier molecular flexibility index (Phi) is 7.06. The number of benzene rings is 3. The number of aryl methyl sites for hydroxylation is 3. The quantitative estimate of drug-likeness (QED) is 0.315. The highest BCUT2D eigenvalue weighted by atomic mass is 32.2. The first-order valence-corrected chi connectivity index (χ1v) is 15.3. The second-order valence-electron chi connectivity index (χ2n) is 11.0. The molecule has 8 heteroatoms. The number of nitrogens with zero attached hydrogens (tertiary/aromatic N) is 3. The van der Waals surface area contributed by atoms with Crippen molar-refractivity contribution in [3.05, 3.63) is 113 Å². The summed E-state index contributed by atoms with van der Waals surface area (Å²) in [5, 5.41) is 0. The molecule has 6 rings (SSSR count). The molecule has 3 atom stereocenters. The third-order valence-electron chi connectivity index (χ3n) is 8.17. The molecule has 1 amide bonds. The number of aromatic nitrogens is 2. The van der Waals surface area contributed by atoms with E-state index in [9.17, 15) is 13.2 Å². The summed E-state index contributed by atoms with van der Waals surface area (Å²) in [6.45, 7) is 2.23. The number of anilines is 1. The normalized spacial score (nSPS) is 20.1. The molecule has 2 aliphatic carbocycles. The number of nitrogens with one attached hydrogen (secondary N) is 1. The van der Waals surface area contributed by atoms with E-state index in [4.69, 9.17) is 0 Å². The summed E-state index contributed by atoms with van der Waals surface area (Å²) >= 11 is 0. The van der Waals surface area contributed by atoms with Gasteiger partial charge in [-0.15, -0.1) is 0 Å². The maximum atomic E-state index is 14.0. The molecule has 1 fully saturated rings. The fourth-order valence-electron chi connectivity index (χ4n) is 5.84. The molecule has 1 heterocycles. The van der Waals surface area contributed by atoms with Gasteiger partial charge in [0.2, 0.25) is 15.9 Å². The molecular weight excluding hydrogens is 520 g/mol. The molecule has 2 aliphatic rings. The van der Waals surface area contributed by atoms with E-state index in [0.29, 0.717) is 13.0 Å². The summed E-state index contributed by atoms with van der Waals surface area (Å²) in [7, 11) is -1.78. The third kappa shape index (κ3) is 5.33. The van der Waals surface area contributed by atoms with Gasteiger partial charge in [0.15, 0.2) is 0 Å². The van der Waals surface area contributed by atoms with Gasteiger partial charge in [0.25, 0.3) is 0 Å². The van der Waals surface area contributed by atoms with Gasteiger partial charge >= 0.3 is 0 Å². The van der Waals surface area contributed by atoms with E-state index in [1.807, 2.05) is 66.0 Å². The number of hydrogen-bond donors (Lipinski definition) is 1. The van der Waals surface area contributed by atoms with E-state index < -0.39 is 10.0 Å². The summed E-state index contributed by atoms with van der Waals surface area (Å²) in [4.78, 5) is 20.6. The number of fused-ring (bicyclic) bond motifs is 1. The zero-order chi connectivity index (χ0) is 27.9. The van der Waals surface area contributed by atoms with Gasteiger partial charge in [-0.25, -0.2) is 18.1 Å². The van der Waals surface area contributed by atoms with Gasteiger partial charge in [-0.1, -0.05) is 48.5 Å². The lowest BCUT2D eigenvalue weighted by Gasteiger charge is -2.29. The predicted octanol–water partition coefficient (Wildman–Crippen LogP) is 5.42. The van der Waals surface area contributed by atoms with Gasteiger partial charge in [0, 0.05) is 37.1 Å². The topological polar surface area (TPSA) is 84.3 Å². The number of rotatable bonds is 8. The van der Waals surface area contributed by atoms with Gasteiger partial charge in [-0.05, 0) is 85.0 Å². The Hall–Kier alpha value is -3.75. The Balaban J connectivity index is 1.32. The van der Waals surface area contributed by atoms with Crippen LogP contribution in [-0.2, 0) is 34.8 Å². The molecule has 4 aromatic rings. The van der Waals surface area contributed by atoms with Crippen molar-refractivity contribution in [2.75, 3.05) is 4.90 Å². The second-order valence-corrected chi connectivity index (χ2v) is 12.7. The molecule has 1 aromatic heterocycles. The van der Waals surface area contributed by atoms with Gasteiger partial charge in [-0.3, -0.25) is 4.79 Å². The van der Waals surface area contributed by atoms with E-state index in [-0.39, 0.29) is 28.7 Å². The number of carbonyl (C=O) groups excluding carboxylic acids is 1. The zero-order valence-corrected chi connectivity index (χ0v) is 23.6. The van der Waals surface area contributed by atoms with E-state index in [2.05, 4.69) is 27.9 Å². The van der Waals surface area contributed by atoms with Crippen molar-refractivity contribution in [3.8, 4) is 0 Å². The summed E-state index contributed by atoms with van der Waals surface area (Å²) in [6, 6.07) is 22.9. The van der Waals surface area contributed by atoms with Crippen LogP contribution in [0.3, 0.4) is 0 Å². The Morgan fingerprint density at radius 2 is 1.90 bits per heavy atom. The maximum absolute atomic E-state index is 14.0. The zero-order valence-electron chi connectivity index (χ0n) is 22.8. The van der Waals surface area contributed by atoms with Crippen molar-refractivity contribution < 1.29 is 13.2 Å². The average molecular weight is 555 g/mol. The molecule has 0 radical (unpaired) electrons. The van der Waals surface area contributed by atoms with Crippen molar-refractivity contribution in [1.29, 1.82) is 0 Å². The fraction of sp³-hybridized carbons (Fsp3) is 0.312. The highest BCUT2D eigenvalue weighted by Crippen LogP contribution is 2.49. The molecule has 0 aliphatic heterocycles. The highest BCUT2D eigenvalue weighted by Gasteiger charge is 2.46. The van der Waals surface area contributed by atoms with Crippen molar-refractivity contribution in [1.82, 2.24) is 14.3 Å². The van der Waals surface area contributed by atoms with E-state index >= 15 is 0 Å². The van der Waals surface area contributed by atoms with E-state index in [0.717, 1.165) is 47.5 Å². The fourth-order valence-corrected chi connectivity index (χ4v) is 7.19. The molecule has 0 saturated heterocycles. The average Bonchev–Trinajstić information content (AvgIpc) is 3.66. The molecule has 40 heavy (non-hydrogen) atoms. The maximum Gasteiger partial charge on any atom is 0.241 e. The van der Waals surface area contributed by atoms with Crippen LogP contribution in [0.5, 0.6) is 0 Å². The molecule has 1 N–H and O–H groups in total. The standard InChI is InChI=1S/C32H34N4O3S/c1-22-8-6-12-26(18-22)40(38,39)34-30-13-7-11-24-14-15-25(19-28(24)30)36(21-31-33-16-17-35(31)2)32(37)29-20-27(29)23-9-4-3-5-10-23/h3-6,8-10,12,14-19,27,29-30,34H,7,11,13,20-21H2,1-2H3/t27-,29+,30-/m0/s1. The Labute approximate surface area is 235 Å². The highest BCUT2D eigenvalue weighted by molar-refractivity contribution is 7.89. The first-order valence-electron chi connectivity index (χ1n) is 13.8. The van der Waals surface area contributed by atoms with Crippen molar-refractivity contribution in [2.45, 2.75) is 56.0 Å². The Bertz CT molecular complexity index is 1650. The number of carbonyl (C=O) groups is 1. The van der Waals surface area contributed by atoms with Crippen LogP contribution in [0.25, 0.3) is 0 Å². The van der Waals surface area contributed by atoms with Crippen LogP contribution in [-0.4, -0.2) is 23.9 Å². The molecule has 0 bridgehead atoms. The summed E-state index contributed by atoms with van der Waals surface area (Å²) < 4.78 is 31.5. The molecule has 0 unspecified atom stereocenters. The van der Waals surface area contributed by atoms with Gasteiger partial charge in [-0.2, -0.15) is 0 Å². The lowest BCUT2D eigenvalue weighted by atomic mass is 9.87. The van der Waals surface area contributed by atoms with Crippen LogP contribution in [0.4, 0.5) is 5.69 Å². The van der Waals surface area contributed by atoms with Crippen molar-refractivity contribution in [3.63, 3.8) is 0 Å². The molecule has 0 spiro atoms. The largest absolute Gasteiger partial charge is 0.337 e. The van der Waals surface area contributed by atoms with Crippen molar-refractivity contribution >= 4 is 21.6 Å². The van der Waals surface area contributed by atoms with Crippen molar-refractivity contribution in [2.24, 2.45) is 13.0 Å². The van der Waals surface area contributed by atoms with E-state index in [1.165, 1.54) is 5.56 Å². The second kappa shape index (κ2) is 10.7. The lowest BCUT2D eigenvalue weighted by molar-refractivity contribution is -0.120. The van der Waals surface area contributed by atoms with Crippen LogP contribution in [0.2, 0.25) is 0 Å². The number of imidazole rings is 1. The third-order valence-corrected chi connectivity index (χ3v) is 9.64. The number of sulfonamides is 1. The molecular formula is C32H34N4O3S. The lowest BCUT2D eigenvalue weighted by Crippen LogP contribution is -2.34. The monoisotopic (exact) mass is 554 g/mol. The SMILES string of the molecule is Cc1cccc(S(=O)(=O)N[C@H]2CCCc3ccc(N(Cc4nccn4C)C(=O)[C@@H]4C[C@H]4c4ccccc4)cc32)c1. The van der Waals surface area contributed by atoms with Crippen LogP contribution >= 0.6 is 0 Å². The Morgan fingerprint density at radius 1 is 1.07 bits per heavy atom. The molecule has 206 valence electrons. The minimum absolute atomic E-state index is 0.0736. The van der Waals surface area contributed by atoms with Gasteiger partial charge in [0.05, 0.1) is 11.4 Å². The minimum Gasteiger partial charge on any atom is -0.337 e. The van der Waals surface area contributed by atoms with Crippen LogP contribution in [0, 0.1) is 12.8 Å². The number of amides is 1. The first-order chi connectivity index (χ1) is 19.3. The Morgan fingerprint density at radius 3 is 2.65 bits per heavy atom. The van der Waals surface area contributed by atoms with E-state index in [1.54, 1.807) is 24.4 Å². The van der Waals surface area contributed by atoms with Crippen LogP contribution in [0.15, 0.2) is 90.1 Å². The van der Waals surface area contributed by atoms with Crippen LogP contribution in [0.1, 0.15) is 59.3 Å². The smallest absolute Gasteiger partial charge is 0.241 e. The number of hydrogen-bond acceptors (Lipinski definition) is 4. The summed E-state index contributed by atoms with van der Waals surface area (Å²) in [5.74, 6) is 0.989. The molecule has 3 aromatic carbocycles. The van der Waals surface area contributed by atoms with Crippen LogP contribution < -0.4 is 9.62 Å². The van der Waals surface area contributed by atoms with Gasteiger partial charge < -0.3 is 9.47 Å². The summed E-state index contributed by atoms with van der Waals surface area (Å²) in [5.41, 5.74) is 4.91. The minimum atomic E-state index is -3.71. The summed E-state index contributed by atoms with van der Waals surface area (Å²) in [6.07, 6.45) is 6.92. The first kappa shape index (κ1) is 26.5.